The highest BCUT2D eigenvalue weighted by molar-refractivity contribution is 5.26. The molecule has 0 saturated carbocycles. The lowest BCUT2D eigenvalue weighted by Crippen LogP contribution is -2.26. The topological polar surface area (TPSA) is 43.8 Å². The van der Waals surface area contributed by atoms with Crippen molar-refractivity contribution in [1.82, 2.24) is 9.78 Å². The van der Waals surface area contributed by atoms with Crippen LogP contribution < -0.4 is 5.73 Å². The van der Waals surface area contributed by atoms with Gasteiger partial charge in [0.25, 0.3) is 0 Å². The third kappa shape index (κ3) is 2.79. The van der Waals surface area contributed by atoms with Crippen LogP contribution in [0.4, 0.5) is 0 Å². The number of rotatable bonds is 4. The van der Waals surface area contributed by atoms with Crippen molar-refractivity contribution in [2.45, 2.75) is 32.7 Å². The highest BCUT2D eigenvalue weighted by atomic mass is 15.3. The Bertz CT molecular complexity index is 514. The van der Waals surface area contributed by atoms with Crippen LogP contribution in [0.1, 0.15) is 22.5 Å². The normalized spacial score (nSPS) is 12.7. The molecule has 0 aliphatic carbocycles. The highest BCUT2D eigenvalue weighted by Gasteiger charge is 2.13. The van der Waals surface area contributed by atoms with Crippen molar-refractivity contribution in [3.8, 4) is 0 Å². The van der Waals surface area contributed by atoms with Crippen LogP contribution >= 0.6 is 0 Å². The van der Waals surface area contributed by atoms with E-state index >= 15 is 0 Å². The molecular formula is C15H21N3. The average Bonchev–Trinajstić information content (AvgIpc) is 2.57. The van der Waals surface area contributed by atoms with Crippen LogP contribution in [-0.2, 0) is 19.9 Å². The molecule has 1 aromatic heterocycles. The molecular weight excluding hydrogens is 222 g/mol. The molecule has 1 aromatic carbocycles. The fourth-order valence-electron chi connectivity index (χ4n) is 2.36. The second-order valence-electron chi connectivity index (χ2n) is 4.93. The third-order valence-corrected chi connectivity index (χ3v) is 3.47. The number of nitrogens with two attached hydrogens (primary N) is 1. The molecule has 3 heteroatoms. The summed E-state index contributed by atoms with van der Waals surface area (Å²) in [5.74, 6) is 0. The van der Waals surface area contributed by atoms with Gasteiger partial charge in [0.15, 0.2) is 0 Å². The molecule has 18 heavy (non-hydrogen) atoms. The van der Waals surface area contributed by atoms with E-state index in [1.807, 2.05) is 17.8 Å². The third-order valence-electron chi connectivity index (χ3n) is 3.47. The minimum Gasteiger partial charge on any atom is -0.327 e. The Balaban J connectivity index is 2.05. The van der Waals surface area contributed by atoms with Gasteiger partial charge in [-0.1, -0.05) is 30.3 Å². The summed E-state index contributed by atoms with van der Waals surface area (Å²) in [5, 5.41) is 4.43. The van der Waals surface area contributed by atoms with Crippen molar-refractivity contribution in [3.63, 3.8) is 0 Å². The van der Waals surface area contributed by atoms with Gasteiger partial charge in [-0.2, -0.15) is 5.10 Å². The number of benzene rings is 1. The molecule has 3 nitrogen and oxygen atoms in total. The molecule has 0 fully saturated rings. The van der Waals surface area contributed by atoms with Crippen LogP contribution in [0, 0.1) is 13.8 Å². The average molecular weight is 243 g/mol. The molecule has 0 radical (unpaired) electrons. The van der Waals surface area contributed by atoms with Gasteiger partial charge < -0.3 is 5.73 Å². The minimum atomic E-state index is 0.147. The van der Waals surface area contributed by atoms with Gasteiger partial charge in [0.2, 0.25) is 0 Å². The smallest absolute Gasteiger partial charge is 0.0628 e. The summed E-state index contributed by atoms with van der Waals surface area (Å²) in [6, 6.07) is 10.6. The molecule has 1 unspecified atom stereocenters. The van der Waals surface area contributed by atoms with Gasteiger partial charge in [0.05, 0.1) is 5.69 Å². The van der Waals surface area contributed by atoms with E-state index in [9.17, 15) is 0 Å². The lowest BCUT2D eigenvalue weighted by Gasteiger charge is -2.12. The van der Waals surface area contributed by atoms with Crippen LogP contribution in [0.15, 0.2) is 30.3 Å². The van der Waals surface area contributed by atoms with Gasteiger partial charge in [-0.3, -0.25) is 4.68 Å². The van der Waals surface area contributed by atoms with E-state index in [4.69, 9.17) is 5.73 Å². The summed E-state index contributed by atoms with van der Waals surface area (Å²) < 4.78 is 1.93. The van der Waals surface area contributed by atoms with E-state index in [-0.39, 0.29) is 6.04 Å². The maximum Gasteiger partial charge on any atom is 0.0628 e. The predicted molar refractivity (Wildman–Crippen MR) is 74.5 cm³/mol. The van der Waals surface area contributed by atoms with Crippen molar-refractivity contribution in [2.24, 2.45) is 12.8 Å². The molecule has 0 aliphatic heterocycles. The lowest BCUT2D eigenvalue weighted by atomic mass is 9.99. The molecule has 1 heterocycles. The van der Waals surface area contributed by atoms with E-state index in [0.717, 1.165) is 18.5 Å². The van der Waals surface area contributed by atoms with Crippen LogP contribution in [0.5, 0.6) is 0 Å². The van der Waals surface area contributed by atoms with Crippen LogP contribution in [0.3, 0.4) is 0 Å². The van der Waals surface area contributed by atoms with Crippen molar-refractivity contribution in [3.05, 3.63) is 52.8 Å². The standard InChI is InChI=1S/C15H21N3/c1-11-15(12(2)18(3)17-11)10-14(16)9-13-7-5-4-6-8-13/h4-8,14H,9-10,16H2,1-3H3. The molecule has 96 valence electrons. The van der Waals surface area contributed by atoms with Gasteiger partial charge in [0, 0.05) is 18.8 Å². The summed E-state index contributed by atoms with van der Waals surface area (Å²) in [6.45, 7) is 4.15. The van der Waals surface area contributed by atoms with Crippen LogP contribution in [0.25, 0.3) is 0 Å². The first-order valence-corrected chi connectivity index (χ1v) is 6.36. The first-order valence-electron chi connectivity index (χ1n) is 6.36. The molecule has 0 amide bonds. The fraction of sp³-hybridized carbons (Fsp3) is 0.400. The second kappa shape index (κ2) is 5.36. The van der Waals surface area contributed by atoms with E-state index in [2.05, 4.69) is 43.2 Å². The maximum absolute atomic E-state index is 6.25. The van der Waals surface area contributed by atoms with Gasteiger partial charge in [-0.25, -0.2) is 0 Å². The minimum absolute atomic E-state index is 0.147. The molecule has 1 atom stereocenters. The zero-order valence-corrected chi connectivity index (χ0v) is 11.4. The van der Waals surface area contributed by atoms with Gasteiger partial charge in [-0.15, -0.1) is 0 Å². The number of hydrogen-bond acceptors (Lipinski definition) is 2. The highest BCUT2D eigenvalue weighted by Crippen LogP contribution is 2.15. The summed E-state index contributed by atoms with van der Waals surface area (Å²) >= 11 is 0. The summed E-state index contributed by atoms with van der Waals surface area (Å²) in [5.41, 5.74) is 11.2. The molecule has 0 bridgehead atoms. The van der Waals surface area contributed by atoms with Gasteiger partial charge in [0.1, 0.15) is 0 Å². The quantitative estimate of drug-likeness (QED) is 0.894. The Morgan fingerprint density at radius 2 is 1.83 bits per heavy atom. The fourth-order valence-corrected chi connectivity index (χ4v) is 2.36. The van der Waals surface area contributed by atoms with Crippen molar-refractivity contribution in [2.75, 3.05) is 0 Å². The first-order chi connectivity index (χ1) is 8.58. The molecule has 0 spiro atoms. The zero-order valence-electron chi connectivity index (χ0n) is 11.4. The van der Waals surface area contributed by atoms with Gasteiger partial charge >= 0.3 is 0 Å². The van der Waals surface area contributed by atoms with Crippen LogP contribution in [-0.4, -0.2) is 15.8 Å². The Morgan fingerprint density at radius 1 is 1.17 bits per heavy atom. The molecule has 2 rings (SSSR count). The summed E-state index contributed by atoms with van der Waals surface area (Å²) in [7, 11) is 1.98. The van der Waals surface area contributed by atoms with E-state index in [0.29, 0.717) is 0 Å². The summed E-state index contributed by atoms with van der Waals surface area (Å²) in [4.78, 5) is 0. The van der Waals surface area contributed by atoms with E-state index in [1.165, 1.54) is 16.8 Å². The zero-order chi connectivity index (χ0) is 13.1. The largest absolute Gasteiger partial charge is 0.327 e. The lowest BCUT2D eigenvalue weighted by molar-refractivity contribution is 0.658. The maximum atomic E-state index is 6.25. The van der Waals surface area contributed by atoms with E-state index < -0.39 is 0 Å². The Morgan fingerprint density at radius 3 is 2.39 bits per heavy atom. The second-order valence-corrected chi connectivity index (χ2v) is 4.93. The predicted octanol–water partition coefficient (Wildman–Crippen LogP) is 2.15. The number of nitrogens with zero attached hydrogens (tertiary/aromatic N) is 2. The first kappa shape index (κ1) is 12.8. The van der Waals surface area contributed by atoms with Crippen molar-refractivity contribution >= 4 is 0 Å². The Labute approximate surface area is 109 Å². The molecule has 0 saturated heterocycles. The monoisotopic (exact) mass is 243 g/mol. The number of aryl methyl sites for hydroxylation is 2. The molecule has 0 aliphatic rings. The Kier molecular flexibility index (Phi) is 3.82. The molecule has 2 N–H and O–H groups in total. The SMILES string of the molecule is Cc1nn(C)c(C)c1CC(N)Cc1ccccc1. The van der Waals surface area contributed by atoms with Crippen LogP contribution in [0.2, 0.25) is 0 Å². The number of aromatic nitrogens is 2. The van der Waals surface area contributed by atoms with Crippen molar-refractivity contribution < 1.29 is 0 Å². The molecule has 2 aromatic rings. The summed E-state index contributed by atoms with van der Waals surface area (Å²) in [6.07, 6.45) is 1.80. The number of hydrogen-bond donors (Lipinski definition) is 1. The Hall–Kier alpha value is -1.61. The van der Waals surface area contributed by atoms with E-state index in [1.54, 1.807) is 0 Å². The van der Waals surface area contributed by atoms with Gasteiger partial charge in [-0.05, 0) is 37.8 Å². The van der Waals surface area contributed by atoms with Crippen molar-refractivity contribution in [1.29, 1.82) is 0 Å².